The van der Waals surface area contributed by atoms with Crippen LogP contribution in [0.5, 0.6) is 11.5 Å². The lowest BCUT2D eigenvalue weighted by molar-refractivity contribution is 0.0594. The normalized spacial score (nSPS) is 17.2. The topological polar surface area (TPSA) is 96.1 Å². The van der Waals surface area contributed by atoms with E-state index in [1.807, 2.05) is 41.3 Å². The Morgan fingerprint density at radius 1 is 1.12 bits per heavy atom. The summed E-state index contributed by atoms with van der Waals surface area (Å²) in [6.45, 7) is 0.697. The van der Waals surface area contributed by atoms with Gasteiger partial charge in [0.1, 0.15) is 11.5 Å². The highest BCUT2D eigenvalue weighted by Gasteiger charge is 2.35. The van der Waals surface area contributed by atoms with Crippen LogP contribution in [-0.2, 0) is 6.42 Å². The van der Waals surface area contributed by atoms with Gasteiger partial charge in [0.2, 0.25) is 0 Å². The van der Waals surface area contributed by atoms with Gasteiger partial charge in [-0.05, 0) is 49.1 Å². The fourth-order valence-electron chi connectivity index (χ4n) is 5.15. The van der Waals surface area contributed by atoms with Crippen LogP contribution in [0, 0.1) is 0 Å². The van der Waals surface area contributed by atoms with Gasteiger partial charge in [-0.3, -0.25) is 9.89 Å². The maximum atomic E-state index is 13.8. The summed E-state index contributed by atoms with van der Waals surface area (Å²) in [6, 6.07) is 11.8. The predicted molar refractivity (Wildman–Crippen MR) is 124 cm³/mol. The first-order valence-electron chi connectivity index (χ1n) is 11.3. The number of aromatic nitrogens is 4. The first-order chi connectivity index (χ1) is 16.2. The Labute approximate surface area is 190 Å². The Hall–Kier alpha value is -3.81. The van der Waals surface area contributed by atoms with Gasteiger partial charge in [0.15, 0.2) is 11.5 Å². The second-order valence-corrected chi connectivity index (χ2v) is 8.62. The minimum Gasteiger partial charge on any atom is -0.493 e. The van der Waals surface area contributed by atoms with Crippen LogP contribution in [0.1, 0.15) is 52.7 Å². The summed E-state index contributed by atoms with van der Waals surface area (Å²) >= 11 is 0. The van der Waals surface area contributed by atoms with Gasteiger partial charge < -0.3 is 19.4 Å². The number of benzene rings is 2. The van der Waals surface area contributed by atoms with E-state index in [4.69, 9.17) is 14.5 Å². The number of H-pyrrole nitrogens is 2. The monoisotopic (exact) mass is 443 g/mol. The van der Waals surface area contributed by atoms with Crippen LogP contribution in [0.2, 0.25) is 0 Å². The summed E-state index contributed by atoms with van der Waals surface area (Å²) in [4.78, 5) is 23.9. The molecule has 0 spiro atoms. The number of carbonyl (C=O) groups excluding carboxylic acids is 1. The highest BCUT2D eigenvalue weighted by Crippen LogP contribution is 2.43. The van der Waals surface area contributed by atoms with Crippen molar-refractivity contribution < 1.29 is 14.3 Å². The third-order valence-electron chi connectivity index (χ3n) is 6.80. The van der Waals surface area contributed by atoms with Crippen LogP contribution in [0.15, 0.2) is 36.4 Å². The third kappa shape index (κ3) is 3.08. The van der Waals surface area contributed by atoms with Crippen molar-refractivity contribution in [3.63, 3.8) is 0 Å². The van der Waals surface area contributed by atoms with Gasteiger partial charge in [-0.15, -0.1) is 0 Å². The predicted octanol–water partition coefficient (Wildman–Crippen LogP) is 4.24. The van der Waals surface area contributed by atoms with Crippen LogP contribution in [0.25, 0.3) is 22.3 Å². The molecular formula is C25H25N5O3. The smallest absolute Gasteiger partial charge is 0.272 e. The molecule has 1 fully saturated rings. The number of piperidine rings is 1. The van der Waals surface area contributed by atoms with Crippen LogP contribution >= 0.6 is 0 Å². The molecular weight excluding hydrogens is 418 g/mol. The van der Waals surface area contributed by atoms with E-state index < -0.39 is 0 Å². The maximum Gasteiger partial charge on any atom is 0.272 e. The molecule has 1 amide bonds. The lowest BCUT2D eigenvalue weighted by Gasteiger charge is -2.34. The lowest BCUT2D eigenvalue weighted by Crippen LogP contribution is -2.39. The number of methoxy groups -OCH3 is 2. The zero-order valence-corrected chi connectivity index (χ0v) is 18.6. The molecule has 2 aromatic heterocycles. The van der Waals surface area contributed by atoms with Crippen molar-refractivity contribution in [3.8, 4) is 22.8 Å². The Morgan fingerprint density at radius 2 is 1.94 bits per heavy atom. The summed E-state index contributed by atoms with van der Waals surface area (Å²) in [5, 5.41) is 7.56. The highest BCUT2D eigenvalue weighted by molar-refractivity contribution is 5.97. The van der Waals surface area contributed by atoms with Gasteiger partial charge in [0.25, 0.3) is 5.91 Å². The van der Waals surface area contributed by atoms with E-state index in [1.54, 1.807) is 14.2 Å². The number of imidazole rings is 1. The molecule has 6 rings (SSSR count). The molecule has 8 nitrogen and oxygen atoms in total. The summed E-state index contributed by atoms with van der Waals surface area (Å²) in [6.07, 6.45) is 3.56. The number of aromatic amines is 2. The van der Waals surface area contributed by atoms with E-state index in [-0.39, 0.29) is 11.9 Å². The molecule has 0 saturated carbocycles. The number of para-hydroxylation sites is 2. The van der Waals surface area contributed by atoms with Crippen molar-refractivity contribution in [1.29, 1.82) is 0 Å². The van der Waals surface area contributed by atoms with Gasteiger partial charge in [-0.25, -0.2) is 4.98 Å². The number of nitrogens with one attached hydrogen (secondary N) is 2. The van der Waals surface area contributed by atoms with Crippen LogP contribution in [0.4, 0.5) is 0 Å². The molecule has 8 heteroatoms. The molecule has 2 N–H and O–H groups in total. The highest BCUT2D eigenvalue weighted by atomic mass is 16.5. The molecule has 0 bridgehead atoms. The number of hydrogen-bond acceptors (Lipinski definition) is 5. The third-order valence-corrected chi connectivity index (χ3v) is 6.80. The van der Waals surface area contributed by atoms with Gasteiger partial charge in [-0.1, -0.05) is 12.1 Å². The van der Waals surface area contributed by atoms with Crippen molar-refractivity contribution in [1.82, 2.24) is 25.1 Å². The van der Waals surface area contributed by atoms with E-state index in [1.165, 1.54) is 0 Å². The second-order valence-electron chi connectivity index (χ2n) is 8.62. The van der Waals surface area contributed by atoms with E-state index in [0.29, 0.717) is 30.2 Å². The van der Waals surface area contributed by atoms with Gasteiger partial charge >= 0.3 is 0 Å². The SMILES string of the molecule is COc1cc2c(cc1OC)-c1n[nH]c(C(=O)N3CCCC[C@@H]3c3nc4ccccc4[nH]3)c1C2. The molecule has 2 aromatic carbocycles. The second kappa shape index (κ2) is 7.65. The van der Waals surface area contributed by atoms with E-state index in [2.05, 4.69) is 15.2 Å². The van der Waals surface area contributed by atoms with Gasteiger partial charge in [-0.2, -0.15) is 5.10 Å². The summed E-state index contributed by atoms with van der Waals surface area (Å²) < 4.78 is 10.9. The zero-order valence-electron chi connectivity index (χ0n) is 18.6. The number of amides is 1. The quantitative estimate of drug-likeness (QED) is 0.433. The summed E-state index contributed by atoms with van der Waals surface area (Å²) in [5.41, 5.74) is 6.27. The molecule has 0 unspecified atom stereocenters. The van der Waals surface area contributed by atoms with Crippen LogP contribution < -0.4 is 9.47 Å². The number of rotatable bonds is 4. The first-order valence-corrected chi connectivity index (χ1v) is 11.3. The van der Waals surface area contributed by atoms with E-state index >= 15 is 0 Å². The molecule has 1 aliphatic carbocycles. The summed E-state index contributed by atoms with van der Waals surface area (Å²) in [5.74, 6) is 2.15. The van der Waals surface area contributed by atoms with Crippen LogP contribution in [-0.4, -0.2) is 51.7 Å². The standard InChI is InChI=1S/C25H25N5O3/c1-32-20-12-14-11-16-22(15(14)13-21(20)33-2)28-29-23(16)25(31)30-10-6-5-9-19(30)24-26-17-7-3-4-8-18(17)27-24/h3-4,7-8,12-13,19H,5-6,9-11H2,1-2H3,(H,26,27)(H,28,29)/t19-/m1/s1. The minimum absolute atomic E-state index is 0.0272. The fraction of sp³-hybridized carbons (Fsp3) is 0.320. The molecule has 168 valence electrons. The van der Waals surface area contributed by atoms with Crippen molar-refractivity contribution in [2.45, 2.75) is 31.7 Å². The molecule has 1 aliphatic heterocycles. The Balaban J connectivity index is 1.35. The van der Waals surface area contributed by atoms with Crippen molar-refractivity contribution in [2.24, 2.45) is 0 Å². The summed E-state index contributed by atoms with van der Waals surface area (Å²) in [7, 11) is 3.25. The first kappa shape index (κ1) is 19.8. The van der Waals surface area contributed by atoms with Gasteiger partial charge in [0, 0.05) is 24.1 Å². The Morgan fingerprint density at radius 3 is 2.76 bits per heavy atom. The lowest BCUT2D eigenvalue weighted by atomic mass is 10.00. The van der Waals surface area contributed by atoms with Crippen molar-refractivity contribution in [3.05, 3.63) is 59.0 Å². The molecule has 3 heterocycles. The van der Waals surface area contributed by atoms with Crippen LogP contribution in [0.3, 0.4) is 0 Å². The molecule has 0 radical (unpaired) electrons. The largest absolute Gasteiger partial charge is 0.493 e. The minimum atomic E-state index is -0.0819. The Bertz CT molecular complexity index is 1340. The molecule has 1 saturated heterocycles. The zero-order chi connectivity index (χ0) is 22.5. The number of fused-ring (bicyclic) bond motifs is 4. The number of carbonyl (C=O) groups is 1. The van der Waals surface area contributed by atoms with Crippen molar-refractivity contribution in [2.75, 3.05) is 20.8 Å². The maximum absolute atomic E-state index is 13.8. The van der Waals surface area contributed by atoms with Gasteiger partial charge in [0.05, 0.1) is 37.0 Å². The average Bonchev–Trinajstić information content (AvgIpc) is 3.55. The number of hydrogen-bond donors (Lipinski definition) is 2. The van der Waals surface area contributed by atoms with Crippen molar-refractivity contribution >= 4 is 16.9 Å². The van der Waals surface area contributed by atoms with E-state index in [0.717, 1.165) is 58.5 Å². The van der Waals surface area contributed by atoms with E-state index in [9.17, 15) is 4.79 Å². The molecule has 33 heavy (non-hydrogen) atoms. The number of nitrogens with zero attached hydrogens (tertiary/aromatic N) is 3. The number of ether oxygens (including phenoxy) is 2. The fourth-order valence-corrected chi connectivity index (χ4v) is 5.15. The number of likely N-dealkylation sites (tertiary alicyclic amines) is 1. The molecule has 2 aliphatic rings. The Kier molecular flexibility index (Phi) is 4.60. The molecule has 4 aromatic rings. The molecule has 1 atom stereocenters. The average molecular weight is 444 g/mol.